The number of phosphoric acid groups is 1. The first-order chi connectivity index (χ1) is 10.3. The van der Waals surface area contributed by atoms with Crippen molar-refractivity contribution in [2.45, 2.75) is 84.2 Å². The molecule has 0 rings (SSSR count). The monoisotopic (exact) mass is 356 g/mol. The van der Waals surface area contributed by atoms with Crippen LogP contribution in [-0.2, 0) is 13.6 Å². The molecule has 0 aliphatic carbocycles. The summed E-state index contributed by atoms with van der Waals surface area (Å²) >= 11 is 0. The van der Waals surface area contributed by atoms with Crippen LogP contribution >= 0.6 is 17.1 Å². The highest BCUT2D eigenvalue weighted by Crippen LogP contribution is 2.40. The molecule has 2 atom stereocenters. The number of rotatable bonds is 11. The quantitative estimate of drug-likeness (QED) is 0.376. The van der Waals surface area contributed by atoms with Gasteiger partial charge in [0.15, 0.2) is 0 Å². The van der Waals surface area contributed by atoms with Gasteiger partial charge in [-0.15, -0.1) is 9.24 Å². The molecule has 0 amide bonds. The van der Waals surface area contributed by atoms with Crippen molar-refractivity contribution in [3.05, 3.63) is 0 Å². The molecule has 0 aromatic heterocycles. The Morgan fingerprint density at radius 2 is 1.55 bits per heavy atom. The minimum absolute atomic E-state index is 0.515. The summed E-state index contributed by atoms with van der Waals surface area (Å²) < 4.78 is 18.0. The van der Waals surface area contributed by atoms with Crippen LogP contribution in [0.25, 0.3) is 0 Å². The van der Waals surface area contributed by atoms with Crippen molar-refractivity contribution >= 4 is 17.1 Å². The molecular formula is C16H38O4P2. The first-order valence-corrected chi connectivity index (χ1v) is 10.6. The average molecular weight is 356 g/mol. The fourth-order valence-electron chi connectivity index (χ4n) is 2.62. The first kappa shape index (κ1) is 24.8. The van der Waals surface area contributed by atoms with Gasteiger partial charge >= 0.3 is 7.82 Å². The second kappa shape index (κ2) is 13.9. The second-order valence-corrected chi connectivity index (χ2v) is 8.55. The molecule has 0 saturated heterocycles. The molecule has 0 radical (unpaired) electrons. The summed E-state index contributed by atoms with van der Waals surface area (Å²) in [6, 6.07) is 0. The van der Waals surface area contributed by atoms with Crippen LogP contribution in [0.15, 0.2) is 0 Å². The van der Waals surface area contributed by atoms with Crippen molar-refractivity contribution in [3.63, 3.8) is 0 Å². The fourth-order valence-corrected chi connectivity index (χ4v) is 3.17. The molecule has 0 fully saturated rings. The van der Waals surface area contributed by atoms with Gasteiger partial charge in [0, 0.05) is 14.2 Å². The van der Waals surface area contributed by atoms with E-state index in [1.807, 2.05) is 0 Å². The topological polar surface area (TPSA) is 55.8 Å². The van der Waals surface area contributed by atoms with Crippen molar-refractivity contribution in [2.75, 3.05) is 14.2 Å². The van der Waals surface area contributed by atoms with Crippen LogP contribution in [0.4, 0.5) is 0 Å². The number of unbranched alkanes of at least 4 members (excludes halogenated alkanes) is 3. The highest BCUT2D eigenvalue weighted by atomic mass is 31.2. The summed E-state index contributed by atoms with van der Waals surface area (Å²) in [6.07, 6.45) is 11.0. The molecule has 0 heterocycles. The predicted molar refractivity (Wildman–Crippen MR) is 99.4 cm³/mol. The molecule has 6 heteroatoms. The molecule has 22 heavy (non-hydrogen) atoms. The van der Waals surface area contributed by atoms with Crippen molar-refractivity contribution < 1.29 is 18.5 Å². The van der Waals surface area contributed by atoms with E-state index < -0.39 is 7.82 Å². The molecule has 0 aromatic rings. The van der Waals surface area contributed by atoms with Crippen molar-refractivity contribution in [3.8, 4) is 0 Å². The highest BCUT2D eigenvalue weighted by Gasteiger charge is 2.28. The van der Waals surface area contributed by atoms with E-state index in [-0.39, 0.29) is 0 Å². The lowest BCUT2D eigenvalue weighted by Gasteiger charge is -2.36. The van der Waals surface area contributed by atoms with Gasteiger partial charge in [0.1, 0.15) is 0 Å². The lowest BCUT2D eigenvalue weighted by Crippen LogP contribution is -2.29. The summed E-state index contributed by atoms with van der Waals surface area (Å²) in [4.78, 5) is 8.24. The van der Waals surface area contributed by atoms with Gasteiger partial charge in [0.05, 0.1) is 0 Å². The third-order valence-corrected chi connectivity index (χ3v) is 6.70. The predicted octanol–water partition coefficient (Wildman–Crippen LogP) is 5.80. The van der Waals surface area contributed by atoms with Gasteiger partial charge in [-0.25, -0.2) is 4.57 Å². The molecule has 0 saturated carbocycles. The molecule has 0 aromatic carbocycles. The van der Waals surface area contributed by atoms with Gasteiger partial charge in [-0.05, 0) is 30.3 Å². The molecule has 0 bridgehead atoms. The van der Waals surface area contributed by atoms with E-state index >= 15 is 0 Å². The molecule has 0 aliphatic heterocycles. The number of hydrogen-bond donors (Lipinski definition) is 1. The van der Waals surface area contributed by atoms with Crippen molar-refractivity contribution in [1.82, 2.24) is 0 Å². The molecule has 0 spiro atoms. The molecule has 1 N–H and O–H groups in total. The Hall–Kier alpha value is 0.540. The number of hydrogen-bond acceptors (Lipinski definition) is 3. The smallest absolute Gasteiger partial charge is 0.303 e. The van der Waals surface area contributed by atoms with E-state index in [1.54, 1.807) is 0 Å². The van der Waals surface area contributed by atoms with E-state index in [2.05, 4.69) is 46.0 Å². The minimum Gasteiger partial charge on any atom is -0.303 e. The fraction of sp³-hybridized carbons (Fsp3) is 1.00. The molecule has 0 aliphatic rings. The normalized spacial score (nSPS) is 13.5. The van der Waals surface area contributed by atoms with Gasteiger partial charge in [-0.3, -0.25) is 9.05 Å². The van der Waals surface area contributed by atoms with Gasteiger partial charge < -0.3 is 4.89 Å². The summed E-state index contributed by atoms with van der Waals surface area (Å²) in [7, 11) is 1.70. The zero-order valence-electron chi connectivity index (χ0n) is 15.4. The van der Waals surface area contributed by atoms with Crippen LogP contribution in [-0.4, -0.2) is 24.3 Å². The van der Waals surface area contributed by atoms with E-state index in [0.29, 0.717) is 5.16 Å². The SMILES string of the molecule is CCCCCCC(CC)C(P)(CC)CC.COP(=O)(O)OC. The highest BCUT2D eigenvalue weighted by molar-refractivity contribution is 7.47. The summed E-state index contributed by atoms with van der Waals surface area (Å²) in [6.45, 7) is 9.32. The van der Waals surface area contributed by atoms with E-state index in [1.165, 1.54) is 51.4 Å². The van der Waals surface area contributed by atoms with Gasteiger partial charge in [-0.2, -0.15) is 0 Å². The van der Waals surface area contributed by atoms with Crippen LogP contribution in [0, 0.1) is 5.92 Å². The van der Waals surface area contributed by atoms with Crippen LogP contribution in [0.1, 0.15) is 79.1 Å². The van der Waals surface area contributed by atoms with E-state index in [0.717, 1.165) is 20.1 Å². The Morgan fingerprint density at radius 3 is 1.82 bits per heavy atom. The largest absolute Gasteiger partial charge is 0.471 e. The maximum absolute atomic E-state index is 10.1. The van der Waals surface area contributed by atoms with Gasteiger partial charge in [-0.1, -0.05) is 59.8 Å². The Kier molecular flexibility index (Phi) is 15.7. The zero-order valence-corrected chi connectivity index (χ0v) is 17.5. The van der Waals surface area contributed by atoms with Crippen LogP contribution in [0.2, 0.25) is 0 Å². The molecule has 2 unspecified atom stereocenters. The first-order valence-electron chi connectivity index (χ1n) is 8.49. The second-order valence-electron chi connectivity index (χ2n) is 5.73. The average Bonchev–Trinajstić information content (AvgIpc) is 2.55. The molecular weight excluding hydrogens is 318 g/mol. The van der Waals surface area contributed by atoms with Crippen LogP contribution in [0.3, 0.4) is 0 Å². The van der Waals surface area contributed by atoms with Gasteiger partial charge in [0.2, 0.25) is 0 Å². The van der Waals surface area contributed by atoms with Crippen molar-refractivity contribution in [1.29, 1.82) is 0 Å². The summed E-state index contributed by atoms with van der Waals surface area (Å²) in [5, 5.41) is 0.515. The Bertz CT molecular complexity index is 286. The summed E-state index contributed by atoms with van der Waals surface area (Å²) in [5.74, 6) is 0.911. The zero-order chi connectivity index (χ0) is 17.6. The third-order valence-electron chi connectivity index (χ3n) is 4.49. The van der Waals surface area contributed by atoms with E-state index in [4.69, 9.17) is 4.89 Å². The lowest BCUT2D eigenvalue weighted by molar-refractivity contribution is 0.204. The Labute approximate surface area is 140 Å². The Morgan fingerprint density at radius 1 is 1.05 bits per heavy atom. The van der Waals surface area contributed by atoms with E-state index in [9.17, 15) is 4.57 Å². The molecule has 4 nitrogen and oxygen atoms in total. The summed E-state index contributed by atoms with van der Waals surface area (Å²) in [5.41, 5.74) is 0. The lowest BCUT2D eigenvalue weighted by atomic mass is 9.81. The minimum atomic E-state index is -3.65. The maximum Gasteiger partial charge on any atom is 0.471 e. The Balaban J connectivity index is 0. The van der Waals surface area contributed by atoms with Crippen LogP contribution in [0.5, 0.6) is 0 Å². The number of phosphoric ester groups is 1. The standard InChI is InChI=1S/C14H31P.C2H7O4P/c1-5-9-10-11-12-13(6-2)14(15,7-3)8-4;1-5-7(3,4)6-2/h13H,5-12,15H2,1-4H3;1-2H3,(H,3,4). The van der Waals surface area contributed by atoms with Gasteiger partial charge in [0.25, 0.3) is 0 Å². The maximum atomic E-state index is 10.1. The van der Waals surface area contributed by atoms with Crippen LogP contribution < -0.4 is 0 Å². The van der Waals surface area contributed by atoms with Crippen molar-refractivity contribution in [2.24, 2.45) is 5.92 Å². The molecule has 136 valence electrons. The third kappa shape index (κ3) is 11.1.